The Balaban J connectivity index is 2.22. The number of para-hydroxylation sites is 1. The number of nitrogens with zero attached hydrogens (tertiary/aromatic N) is 3. The van der Waals surface area contributed by atoms with E-state index in [4.69, 9.17) is 16.9 Å². The zero-order valence-electron chi connectivity index (χ0n) is 10.2. The van der Waals surface area contributed by atoms with Gasteiger partial charge in [0, 0.05) is 24.4 Å². The molecular formula is C13H9ClN4O2. The van der Waals surface area contributed by atoms with Gasteiger partial charge in [-0.05, 0) is 6.07 Å². The van der Waals surface area contributed by atoms with Crippen molar-refractivity contribution in [2.75, 3.05) is 5.32 Å². The van der Waals surface area contributed by atoms with Gasteiger partial charge in [-0.15, -0.1) is 0 Å². The van der Waals surface area contributed by atoms with Gasteiger partial charge in [0.1, 0.15) is 16.9 Å². The number of nitriles is 1. The molecular weight excluding hydrogens is 280 g/mol. The molecule has 0 amide bonds. The molecule has 1 aromatic carbocycles. The molecule has 6 nitrogen and oxygen atoms in total. The van der Waals surface area contributed by atoms with Gasteiger partial charge >= 0.3 is 0 Å². The van der Waals surface area contributed by atoms with Crippen molar-refractivity contribution in [2.24, 2.45) is 0 Å². The van der Waals surface area contributed by atoms with Crippen molar-refractivity contribution >= 4 is 23.1 Å². The van der Waals surface area contributed by atoms with E-state index in [1.165, 1.54) is 18.3 Å². The van der Waals surface area contributed by atoms with Crippen molar-refractivity contribution in [2.45, 2.75) is 6.54 Å². The monoisotopic (exact) mass is 288 g/mol. The van der Waals surface area contributed by atoms with Gasteiger partial charge in [0.05, 0.1) is 10.5 Å². The maximum absolute atomic E-state index is 10.9. The van der Waals surface area contributed by atoms with Crippen molar-refractivity contribution < 1.29 is 4.92 Å². The fourth-order valence-corrected chi connectivity index (χ4v) is 1.89. The number of nitrogens with one attached hydrogen (secondary N) is 1. The number of nitro benzene ring substituents is 1. The summed E-state index contributed by atoms with van der Waals surface area (Å²) < 4.78 is 0. The van der Waals surface area contributed by atoms with E-state index in [1.807, 2.05) is 6.07 Å². The summed E-state index contributed by atoms with van der Waals surface area (Å²) in [5.74, 6) is 0.323. The molecule has 0 spiro atoms. The largest absolute Gasteiger partial charge is 0.364 e. The minimum atomic E-state index is -0.447. The topological polar surface area (TPSA) is 91.8 Å². The standard InChI is InChI=1S/C13H9ClN4O2/c14-12-9(7-15)5-6-16-13(12)17-8-10-3-1-2-4-11(10)18(19)20/h1-6H,8H2,(H,16,17). The average Bonchev–Trinajstić information content (AvgIpc) is 2.46. The van der Waals surface area contributed by atoms with Crippen LogP contribution >= 0.6 is 11.6 Å². The molecule has 1 aromatic heterocycles. The maximum atomic E-state index is 10.9. The minimum Gasteiger partial charge on any atom is -0.364 e. The lowest BCUT2D eigenvalue weighted by atomic mass is 10.2. The lowest BCUT2D eigenvalue weighted by molar-refractivity contribution is -0.385. The lowest BCUT2D eigenvalue weighted by Gasteiger charge is -2.08. The van der Waals surface area contributed by atoms with E-state index in [9.17, 15) is 10.1 Å². The number of hydrogen-bond acceptors (Lipinski definition) is 5. The van der Waals surface area contributed by atoms with Crippen molar-refractivity contribution in [3.63, 3.8) is 0 Å². The molecule has 0 unspecified atom stereocenters. The van der Waals surface area contributed by atoms with Crippen LogP contribution in [0.25, 0.3) is 0 Å². The molecule has 100 valence electrons. The summed E-state index contributed by atoms with van der Waals surface area (Å²) >= 11 is 6.00. The van der Waals surface area contributed by atoms with Gasteiger partial charge in [-0.1, -0.05) is 29.8 Å². The van der Waals surface area contributed by atoms with E-state index >= 15 is 0 Å². The van der Waals surface area contributed by atoms with E-state index in [0.717, 1.165) is 0 Å². The predicted molar refractivity (Wildman–Crippen MR) is 74.4 cm³/mol. The number of anilines is 1. The van der Waals surface area contributed by atoms with Crippen LogP contribution in [0, 0.1) is 21.4 Å². The number of benzene rings is 1. The second-order valence-corrected chi connectivity index (χ2v) is 4.25. The highest BCUT2D eigenvalue weighted by Gasteiger charge is 2.13. The van der Waals surface area contributed by atoms with Gasteiger partial charge in [-0.3, -0.25) is 10.1 Å². The lowest BCUT2D eigenvalue weighted by Crippen LogP contribution is -2.05. The molecule has 1 heterocycles. The summed E-state index contributed by atoms with van der Waals surface area (Å²) in [6.07, 6.45) is 1.45. The SMILES string of the molecule is N#Cc1ccnc(NCc2ccccc2[N+](=O)[O-])c1Cl. The second kappa shape index (κ2) is 5.99. The fraction of sp³-hybridized carbons (Fsp3) is 0.0769. The average molecular weight is 289 g/mol. The van der Waals surface area contributed by atoms with Crippen LogP contribution in [0.5, 0.6) is 0 Å². The van der Waals surface area contributed by atoms with E-state index in [1.54, 1.807) is 18.2 Å². The second-order valence-electron chi connectivity index (χ2n) is 3.87. The molecule has 0 radical (unpaired) electrons. The highest BCUT2D eigenvalue weighted by Crippen LogP contribution is 2.24. The quantitative estimate of drug-likeness (QED) is 0.689. The fourth-order valence-electron chi connectivity index (χ4n) is 1.67. The number of rotatable bonds is 4. The number of halogens is 1. The Morgan fingerprint density at radius 1 is 1.40 bits per heavy atom. The third-order valence-electron chi connectivity index (χ3n) is 2.64. The van der Waals surface area contributed by atoms with Gasteiger partial charge in [-0.25, -0.2) is 4.98 Å². The zero-order valence-corrected chi connectivity index (χ0v) is 11.0. The Bertz CT molecular complexity index is 697. The van der Waals surface area contributed by atoms with Crippen LogP contribution in [0.3, 0.4) is 0 Å². The molecule has 0 atom stereocenters. The van der Waals surface area contributed by atoms with E-state index < -0.39 is 4.92 Å². The summed E-state index contributed by atoms with van der Waals surface area (Å²) in [5, 5.41) is 22.9. The van der Waals surface area contributed by atoms with Crippen molar-refractivity contribution in [1.82, 2.24) is 4.98 Å². The summed E-state index contributed by atoms with van der Waals surface area (Å²) in [7, 11) is 0. The number of aromatic nitrogens is 1. The molecule has 2 rings (SSSR count). The smallest absolute Gasteiger partial charge is 0.274 e. The van der Waals surface area contributed by atoms with Crippen molar-refractivity contribution in [3.05, 3.63) is 62.8 Å². The van der Waals surface area contributed by atoms with E-state index in [-0.39, 0.29) is 17.3 Å². The van der Waals surface area contributed by atoms with E-state index in [0.29, 0.717) is 16.9 Å². The minimum absolute atomic E-state index is 0.0209. The molecule has 7 heteroatoms. The molecule has 0 fully saturated rings. The highest BCUT2D eigenvalue weighted by molar-refractivity contribution is 6.34. The summed E-state index contributed by atoms with van der Waals surface area (Å²) in [5.41, 5.74) is 0.831. The van der Waals surface area contributed by atoms with Crippen LogP contribution < -0.4 is 5.32 Å². The Kier molecular flexibility index (Phi) is 4.13. The van der Waals surface area contributed by atoms with Crippen molar-refractivity contribution in [1.29, 1.82) is 5.26 Å². The third kappa shape index (κ3) is 2.84. The number of hydrogen-bond donors (Lipinski definition) is 1. The molecule has 0 saturated carbocycles. The van der Waals surface area contributed by atoms with Crippen LogP contribution in [-0.2, 0) is 6.54 Å². The first-order valence-electron chi connectivity index (χ1n) is 5.64. The summed E-state index contributed by atoms with van der Waals surface area (Å²) in [4.78, 5) is 14.5. The van der Waals surface area contributed by atoms with Crippen LogP contribution in [0.2, 0.25) is 5.02 Å². The molecule has 0 aliphatic heterocycles. The first kappa shape index (κ1) is 13.8. The zero-order chi connectivity index (χ0) is 14.5. The van der Waals surface area contributed by atoms with E-state index in [2.05, 4.69) is 10.3 Å². The summed E-state index contributed by atoms with van der Waals surface area (Å²) in [6, 6.07) is 9.83. The number of nitro groups is 1. The first-order valence-corrected chi connectivity index (χ1v) is 6.02. The molecule has 0 bridgehead atoms. The molecule has 0 aliphatic rings. The Hall–Kier alpha value is -2.65. The van der Waals surface area contributed by atoms with Gasteiger partial charge in [-0.2, -0.15) is 5.26 Å². The van der Waals surface area contributed by atoms with Gasteiger partial charge in [0.15, 0.2) is 0 Å². The molecule has 0 aliphatic carbocycles. The maximum Gasteiger partial charge on any atom is 0.274 e. The number of pyridine rings is 1. The Labute approximate surface area is 119 Å². The van der Waals surface area contributed by atoms with Crippen LogP contribution in [-0.4, -0.2) is 9.91 Å². The molecule has 2 aromatic rings. The Morgan fingerprint density at radius 3 is 2.85 bits per heavy atom. The Morgan fingerprint density at radius 2 is 2.15 bits per heavy atom. The van der Waals surface area contributed by atoms with Crippen LogP contribution in [0.1, 0.15) is 11.1 Å². The molecule has 20 heavy (non-hydrogen) atoms. The van der Waals surface area contributed by atoms with Gasteiger partial charge in [0.2, 0.25) is 0 Å². The normalized spacial score (nSPS) is 9.80. The van der Waals surface area contributed by atoms with Gasteiger partial charge in [0.25, 0.3) is 5.69 Å². The first-order chi connectivity index (χ1) is 9.63. The van der Waals surface area contributed by atoms with Crippen LogP contribution in [0.15, 0.2) is 36.5 Å². The third-order valence-corrected chi connectivity index (χ3v) is 3.03. The highest BCUT2D eigenvalue weighted by atomic mass is 35.5. The van der Waals surface area contributed by atoms with Crippen molar-refractivity contribution in [3.8, 4) is 6.07 Å². The van der Waals surface area contributed by atoms with Gasteiger partial charge < -0.3 is 5.32 Å². The van der Waals surface area contributed by atoms with Crippen LogP contribution in [0.4, 0.5) is 11.5 Å². The molecule has 1 N–H and O–H groups in total. The predicted octanol–water partition coefficient (Wildman–Crippen LogP) is 3.13. The molecule has 0 saturated heterocycles. The summed E-state index contributed by atoms with van der Waals surface area (Å²) in [6.45, 7) is 0.193.